The molecule has 0 bridgehead atoms. The van der Waals surface area contributed by atoms with E-state index < -0.39 is 11.6 Å². The number of benzene rings is 2. The zero-order valence-corrected chi connectivity index (χ0v) is 17.5. The van der Waals surface area contributed by atoms with Crippen molar-refractivity contribution < 1.29 is 9.59 Å². The van der Waals surface area contributed by atoms with Crippen molar-refractivity contribution in [2.24, 2.45) is 0 Å². The van der Waals surface area contributed by atoms with Gasteiger partial charge in [-0.3, -0.25) is 9.59 Å². The Morgan fingerprint density at radius 1 is 0.533 bits per heavy atom. The second kappa shape index (κ2) is 7.82. The zero-order chi connectivity index (χ0) is 20.5. The third-order valence-corrected chi connectivity index (χ3v) is 7.25. The topological polar surface area (TPSA) is 34.1 Å². The van der Waals surface area contributed by atoms with Crippen molar-refractivity contribution in [1.29, 1.82) is 0 Å². The fourth-order valence-corrected chi connectivity index (χ4v) is 5.66. The van der Waals surface area contributed by atoms with Crippen molar-refractivity contribution in [3.8, 4) is 9.75 Å². The van der Waals surface area contributed by atoms with E-state index in [1.165, 1.54) is 0 Å². The molecule has 5 rings (SSSR count). The van der Waals surface area contributed by atoms with E-state index in [2.05, 4.69) is 0 Å². The number of hydrogen-bond donors (Lipinski definition) is 0. The summed E-state index contributed by atoms with van der Waals surface area (Å²) in [5, 5.41) is 0. The van der Waals surface area contributed by atoms with Gasteiger partial charge in [0.2, 0.25) is 11.6 Å². The molecule has 4 aromatic rings. The number of rotatable bonds is 4. The number of carbonyl (C=O) groups excluding carboxylic acids is 2. The Balaban J connectivity index is 1.50. The molecule has 0 amide bonds. The van der Waals surface area contributed by atoms with Crippen LogP contribution in [0.15, 0.2) is 72.8 Å². The van der Waals surface area contributed by atoms with Gasteiger partial charge in [0.15, 0.2) is 0 Å². The first kappa shape index (κ1) is 18.7. The highest BCUT2D eigenvalue weighted by atomic mass is 32.1. The molecular weight excluding hydrogens is 408 g/mol. The lowest BCUT2D eigenvalue weighted by Gasteiger charge is -2.08. The van der Waals surface area contributed by atoms with E-state index in [0.29, 0.717) is 11.1 Å². The molecule has 0 saturated carbocycles. The number of fused-ring (bicyclic) bond motifs is 3. The van der Waals surface area contributed by atoms with Crippen LogP contribution in [0.5, 0.6) is 0 Å². The molecule has 2 heterocycles. The van der Waals surface area contributed by atoms with Crippen molar-refractivity contribution in [3.05, 3.63) is 105 Å². The Morgan fingerprint density at radius 2 is 0.933 bits per heavy atom. The van der Waals surface area contributed by atoms with E-state index in [-0.39, 0.29) is 0 Å². The van der Waals surface area contributed by atoms with E-state index in [1.807, 2.05) is 97.1 Å². The van der Waals surface area contributed by atoms with Gasteiger partial charge in [-0.2, -0.15) is 0 Å². The summed E-state index contributed by atoms with van der Waals surface area (Å²) in [5.41, 5.74) is 3.23. The molecule has 0 atom stereocenters. The average Bonchev–Trinajstić information content (AvgIpc) is 3.41. The Morgan fingerprint density at radius 3 is 1.33 bits per heavy atom. The number of carbonyl (C=O) groups is 2. The third kappa shape index (κ3) is 3.52. The molecule has 0 saturated heterocycles. The summed E-state index contributed by atoms with van der Waals surface area (Å²) < 4.78 is 0. The Bertz CT molecular complexity index is 1200. The van der Waals surface area contributed by atoms with Gasteiger partial charge < -0.3 is 0 Å². The zero-order valence-electron chi connectivity index (χ0n) is 15.9. The molecule has 0 fully saturated rings. The lowest BCUT2D eigenvalue weighted by molar-refractivity contribution is 0.0816. The van der Waals surface area contributed by atoms with Crippen LogP contribution < -0.4 is 0 Å². The highest BCUT2D eigenvalue weighted by Gasteiger charge is 2.34. The minimum atomic E-state index is -0.412. The van der Waals surface area contributed by atoms with Crippen molar-refractivity contribution in [2.75, 3.05) is 0 Å². The van der Waals surface area contributed by atoms with Crippen LogP contribution in [0.4, 0.5) is 0 Å². The lowest BCUT2D eigenvalue weighted by atomic mass is 9.95. The minimum absolute atomic E-state index is 0.412. The molecular formula is C26H16O2S2. The van der Waals surface area contributed by atoms with E-state index in [1.54, 1.807) is 22.7 Å². The van der Waals surface area contributed by atoms with E-state index in [9.17, 15) is 9.59 Å². The molecule has 0 spiro atoms. The SMILES string of the molecule is O=C1C(=O)c2cc(/C=C/c3ccccc3)sc2-c2sc(/C=C/c3ccccc3)cc21. The van der Waals surface area contributed by atoms with Gasteiger partial charge in [-0.1, -0.05) is 72.8 Å². The second-order valence-corrected chi connectivity index (χ2v) is 9.10. The van der Waals surface area contributed by atoms with Gasteiger partial charge in [-0.25, -0.2) is 0 Å². The molecule has 0 unspecified atom stereocenters. The molecule has 144 valence electrons. The quantitative estimate of drug-likeness (QED) is 0.325. The van der Waals surface area contributed by atoms with Crippen LogP contribution >= 0.6 is 22.7 Å². The summed E-state index contributed by atoms with van der Waals surface area (Å²) in [7, 11) is 0. The molecule has 2 nitrogen and oxygen atoms in total. The molecule has 2 aromatic heterocycles. The first-order valence-electron chi connectivity index (χ1n) is 9.52. The van der Waals surface area contributed by atoms with Crippen molar-refractivity contribution in [3.63, 3.8) is 0 Å². The van der Waals surface area contributed by atoms with Crippen molar-refractivity contribution >= 4 is 58.5 Å². The highest BCUT2D eigenvalue weighted by molar-refractivity contribution is 7.24. The first-order chi connectivity index (χ1) is 14.7. The monoisotopic (exact) mass is 424 g/mol. The van der Waals surface area contributed by atoms with Gasteiger partial charge in [0.25, 0.3) is 0 Å². The van der Waals surface area contributed by atoms with E-state index in [0.717, 1.165) is 30.6 Å². The summed E-state index contributed by atoms with van der Waals surface area (Å²) in [6, 6.07) is 23.7. The minimum Gasteiger partial charge on any atom is -0.285 e. The van der Waals surface area contributed by atoms with Crippen LogP contribution in [0.1, 0.15) is 41.6 Å². The predicted octanol–water partition coefficient (Wildman–Crippen LogP) is 7.20. The number of hydrogen-bond acceptors (Lipinski definition) is 4. The second-order valence-electron chi connectivity index (χ2n) is 6.93. The summed E-state index contributed by atoms with van der Waals surface area (Å²) in [4.78, 5) is 29.1. The maximum absolute atomic E-state index is 12.7. The highest BCUT2D eigenvalue weighted by Crippen LogP contribution is 2.44. The van der Waals surface area contributed by atoms with E-state index in [4.69, 9.17) is 0 Å². The molecule has 2 aromatic carbocycles. The number of ketones is 2. The first-order valence-corrected chi connectivity index (χ1v) is 11.2. The van der Waals surface area contributed by atoms with Crippen molar-refractivity contribution in [1.82, 2.24) is 0 Å². The van der Waals surface area contributed by atoms with Crippen LogP contribution in [0.2, 0.25) is 0 Å². The van der Waals surface area contributed by atoms with Gasteiger partial charge >= 0.3 is 0 Å². The molecule has 30 heavy (non-hydrogen) atoms. The molecule has 0 aliphatic heterocycles. The van der Waals surface area contributed by atoms with Gasteiger partial charge in [0.1, 0.15) is 0 Å². The van der Waals surface area contributed by atoms with Gasteiger partial charge in [0, 0.05) is 20.9 Å². The molecule has 4 heteroatoms. The number of Topliss-reactive ketones (excluding diaryl/α,β-unsaturated/α-hetero) is 2. The third-order valence-electron chi connectivity index (χ3n) is 4.88. The Labute approximate surface area is 182 Å². The van der Waals surface area contributed by atoms with Crippen LogP contribution in [-0.4, -0.2) is 11.6 Å². The van der Waals surface area contributed by atoms with Gasteiger partial charge in [-0.05, 0) is 35.4 Å². The largest absolute Gasteiger partial charge is 0.285 e. The smallest absolute Gasteiger partial charge is 0.235 e. The average molecular weight is 425 g/mol. The lowest BCUT2D eigenvalue weighted by Crippen LogP contribution is -2.18. The fraction of sp³-hybridized carbons (Fsp3) is 0. The predicted molar refractivity (Wildman–Crippen MR) is 127 cm³/mol. The van der Waals surface area contributed by atoms with Crippen LogP contribution in [-0.2, 0) is 0 Å². The van der Waals surface area contributed by atoms with Gasteiger partial charge in [-0.15, -0.1) is 22.7 Å². The summed E-state index contributed by atoms with van der Waals surface area (Å²) in [6.07, 6.45) is 8.04. The standard InChI is InChI=1S/C26H16O2S2/c27-23-21-15-19(13-11-17-7-3-1-4-8-17)29-25(21)26-22(24(23)28)16-20(30-26)14-12-18-9-5-2-6-10-18/h1-16H/b13-11+,14-12+. The summed E-state index contributed by atoms with van der Waals surface area (Å²) in [6.45, 7) is 0. The summed E-state index contributed by atoms with van der Waals surface area (Å²) >= 11 is 3.11. The molecule has 0 N–H and O–H groups in total. The van der Waals surface area contributed by atoms with Crippen LogP contribution in [0.3, 0.4) is 0 Å². The Hall–Kier alpha value is -3.34. The van der Waals surface area contributed by atoms with E-state index >= 15 is 0 Å². The van der Waals surface area contributed by atoms with Crippen LogP contribution in [0.25, 0.3) is 34.1 Å². The number of thiophene rings is 2. The Kier molecular flexibility index (Phi) is 4.87. The van der Waals surface area contributed by atoms with Crippen molar-refractivity contribution in [2.45, 2.75) is 0 Å². The maximum Gasteiger partial charge on any atom is 0.235 e. The maximum atomic E-state index is 12.7. The summed E-state index contributed by atoms with van der Waals surface area (Å²) in [5.74, 6) is -0.825. The fourth-order valence-electron chi connectivity index (χ4n) is 3.39. The normalized spacial score (nSPS) is 13.2. The molecule has 1 aliphatic carbocycles. The molecule has 1 aliphatic rings. The van der Waals surface area contributed by atoms with Gasteiger partial charge in [0.05, 0.1) is 9.75 Å². The van der Waals surface area contributed by atoms with Crippen LogP contribution in [0, 0.1) is 0 Å². The molecule has 0 radical (unpaired) electrons.